The van der Waals surface area contributed by atoms with Gasteiger partial charge in [-0.3, -0.25) is 9.69 Å². The molecule has 1 aliphatic heterocycles. The highest BCUT2D eigenvalue weighted by atomic mass is 19.1. The van der Waals surface area contributed by atoms with Crippen LogP contribution in [0.5, 0.6) is 0 Å². The standard InChI is InChI=1S/C14H18FNO/c1-10-9-16(8-7-14(10)17)11(2)12-3-5-13(15)6-4-12/h3-6,10-11H,7-9H2,1-2H3. The fourth-order valence-corrected chi connectivity index (χ4v) is 2.35. The van der Waals surface area contributed by atoms with Crippen molar-refractivity contribution < 1.29 is 9.18 Å². The number of piperidine rings is 1. The first kappa shape index (κ1) is 12.2. The van der Waals surface area contributed by atoms with Crippen molar-refractivity contribution in [3.8, 4) is 0 Å². The van der Waals surface area contributed by atoms with Crippen LogP contribution in [0.25, 0.3) is 0 Å². The highest BCUT2D eigenvalue weighted by molar-refractivity contribution is 5.81. The molecule has 2 nitrogen and oxygen atoms in total. The van der Waals surface area contributed by atoms with Crippen molar-refractivity contribution in [1.82, 2.24) is 4.90 Å². The topological polar surface area (TPSA) is 20.3 Å². The van der Waals surface area contributed by atoms with Crippen molar-refractivity contribution in [3.05, 3.63) is 35.6 Å². The zero-order valence-corrected chi connectivity index (χ0v) is 10.3. The molecule has 0 N–H and O–H groups in total. The predicted octanol–water partition coefficient (Wildman–Crippen LogP) is 2.80. The molecule has 0 bridgehead atoms. The molecule has 2 unspecified atom stereocenters. The third-order valence-corrected chi connectivity index (χ3v) is 3.60. The van der Waals surface area contributed by atoms with Gasteiger partial charge in [0.25, 0.3) is 0 Å². The summed E-state index contributed by atoms with van der Waals surface area (Å²) >= 11 is 0. The van der Waals surface area contributed by atoms with Crippen molar-refractivity contribution in [2.24, 2.45) is 5.92 Å². The van der Waals surface area contributed by atoms with Gasteiger partial charge in [-0.15, -0.1) is 0 Å². The maximum Gasteiger partial charge on any atom is 0.138 e. The van der Waals surface area contributed by atoms with Crippen LogP contribution in [0.2, 0.25) is 0 Å². The quantitative estimate of drug-likeness (QED) is 0.785. The average molecular weight is 235 g/mol. The van der Waals surface area contributed by atoms with E-state index in [2.05, 4.69) is 11.8 Å². The highest BCUT2D eigenvalue weighted by Crippen LogP contribution is 2.25. The van der Waals surface area contributed by atoms with Crippen molar-refractivity contribution in [2.45, 2.75) is 26.3 Å². The van der Waals surface area contributed by atoms with E-state index < -0.39 is 0 Å². The van der Waals surface area contributed by atoms with Gasteiger partial charge >= 0.3 is 0 Å². The van der Waals surface area contributed by atoms with Gasteiger partial charge in [-0.1, -0.05) is 19.1 Å². The first-order valence-corrected chi connectivity index (χ1v) is 6.10. The molecular weight excluding hydrogens is 217 g/mol. The molecule has 0 radical (unpaired) electrons. The number of carbonyl (C=O) groups is 1. The van der Waals surface area contributed by atoms with Gasteiger partial charge in [0.05, 0.1) is 0 Å². The van der Waals surface area contributed by atoms with Crippen LogP contribution in [0.3, 0.4) is 0 Å². The summed E-state index contributed by atoms with van der Waals surface area (Å²) in [7, 11) is 0. The summed E-state index contributed by atoms with van der Waals surface area (Å²) in [5, 5.41) is 0. The lowest BCUT2D eigenvalue weighted by Crippen LogP contribution is -2.40. The van der Waals surface area contributed by atoms with Crippen LogP contribution in [0.4, 0.5) is 4.39 Å². The lowest BCUT2D eigenvalue weighted by atomic mass is 9.95. The van der Waals surface area contributed by atoms with E-state index in [-0.39, 0.29) is 17.8 Å². The van der Waals surface area contributed by atoms with Crippen LogP contribution < -0.4 is 0 Å². The van der Waals surface area contributed by atoms with Gasteiger partial charge in [-0.2, -0.15) is 0 Å². The molecule has 1 aromatic carbocycles. The van der Waals surface area contributed by atoms with Crippen molar-refractivity contribution in [2.75, 3.05) is 13.1 Å². The van der Waals surface area contributed by atoms with Crippen molar-refractivity contribution in [1.29, 1.82) is 0 Å². The second kappa shape index (κ2) is 4.96. The minimum atomic E-state index is -0.205. The molecule has 1 aromatic rings. The minimum absolute atomic E-state index is 0.117. The van der Waals surface area contributed by atoms with E-state index in [0.717, 1.165) is 18.7 Å². The van der Waals surface area contributed by atoms with Gasteiger partial charge in [0.15, 0.2) is 0 Å². The number of ketones is 1. The number of halogens is 1. The van der Waals surface area contributed by atoms with E-state index in [4.69, 9.17) is 0 Å². The van der Waals surface area contributed by atoms with Gasteiger partial charge in [-0.25, -0.2) is 4.39 Å². The molecule has 0 aliphatic carbocycles. The molecule has 1 heterocycles. The number of rotatable bonds is 2. The summed E-state index contributed by atoms with van der Waals surface area (Å²) in [4.78, 5) is 13.8. The first-order chi connectivity index (χ1) is 8.08. The molecular formula is C14H18FNO. The molecule has 17 heavy (non-hydrogen) atoms. The molecule has 0 spiro atoms. The van der Waals surface area contributed by atoms with Gasteiger partial charge in [0.2, 0.25) is 0 Å². The summed E-state index contributed by atoms with van der Waals surface area (Å²) in [6.07, 6.45) is 0.632. The number of hydrogen-bond donors (Lipinski definition) is 0. The van der Waals surface area contributed by atoms with Crippen LogP contribution in [-0.4, -0.2) is 23.8 Å². The highest BCUT2D eigenvalue weighted by Gasteiger charge is 2.26. The molecule has 0 aromatic heterocycles. The lowest BCUT2D eigenvalue weighted by Gasteiger charge is -2.35. The Morgan fingerprint density at radius 1 is 1.35 bits per heavy atom. The molecule has 1 fully saturated rings. The zero-order valence-electron chi connectivity index (χ0n) is 10.3. The number of hydrogen-bond acceptors (Lipinski definition) is 2. The molecule has 1 saturated heterocycles. The second-order valence-electron chi connectivity index (χ2n) is 4.84. The van der Waals surface area contributed by atoms with Crippen LogP contribution in [0.15, 0.2) is 24.3 Å². The largest absolute Gasteiger partial charge is 0.299 e. The van der Waals surface area contributed by atoms with E-state index in [0.29, 0.717) is 12.2 Å². The number of benzene rings is 1. The number of Topliss-reactive ketones (excluding diaryl/α,β-unsaturated/α-hetero) is 1. The smallest absolute Gasteiger partial charge is 0.138 e. The Morgan fingerprint density at radius 2 is 2.00 bits per heavy atom. The lowest BCUT2D eigenvalue weighted by molar-refractivity contribution is -0.126. The summed E-state index contributed by atoms with van der Waals surface area (Å²) in [6, 6.07) is 6.86. The monoisotopic (exact) mass is 235 g/mol. The third-order valence-electron chi connectivity index (χ3n) is 3.60. The Balaban J connectivity index is 2.07. The fraction of sp³-hybridized carbons (Fsp3) is 0.500. The summed E-state index contributed by atoms with van der Waals surface area (Å²) in [6.45, 7) is 5.70. The molecule has 2 rings (SSSR count). The maximum absolute atomic E-state index is 12.8. The second-order valence-corrected chi connectivity index (χ2v) is 4.84. The SMILES string of the molecule is CC1CN(C(C)c2ccc(F)cc2)CCC1=O. The molecule has 0 amide bonds. The summed E-state index contributed by atoms with van der Waals surface area (Å²) in [5.41, 5.74) is 1.10. The molecule has 0 saturated carbocycles. The van der Waals surface area contributed by atoms with E-state index >= 15 is 0 Å². The minimum Gasteiger partial charge on any atom is -0.299 e. The molecule has 1 aliphatic rings. The Labute approximate surface area is 101 Å². The van der Waals surface area contributed by atoms with Crippen molar-refractivity contribution in [3.63, 3.8) is 0 Å². The number of likely N-dealkylation sites (tertiary alicyclic amines) is 1. The van der Waals surface area contributed by atoms with Crippen LogP contribution in [-0.2, 0) is 4.79 Å². The Hall–Kier alpha value is -1.22. The zero-order chi connectivity index (χ0) is 12.4. The average Bonchev–Trinajstić information content (AvgIpc) is 2.33. The van der Waals surface area contributed by atoms with E-state index in [1.54, 1.807) is 0 Å². The normalized spacial score (nSPS) is 23.7. The van der Waals surface area contributed by atoms with E-state index in [9.17, 15) is 9.18 Å². The third kappa shape index (κ3) is 2.72. The van der Waals surface area contributed by atoms with Crippen LogP contribution >= 0.6 is 0 Å². The Bertz CT molecular complexity index is 401. The Morgan fingerprint density at radius 3 is 2.59 bits per heavy atom. The molecule has 92 valence electrons. The number of nitrogens with zero attached hydrogens (tertiary/aromatic N) is 1. The van der Waals surface area contributed by atoms with Crippen molar-refractivity contribution >= 4 is 5.78 Å². The first-order valence-electron chi connectivity index (χ1n) is 6.10. The molecule has 2 atom stereocenters. The predicted molar refractivity (Wildman–Crippen MR) is 65.2 cm³/mol. The summed E-state index contributed by atoms with van der Waals surface area (Å²) in [5.74, 6) is 0.266. The van der Waals surface area contributed by atoms with Crippen LogP contribution in [0.1, 0.15) is 31.9 Å². The van der Waals surface area contributed by atoms with Gasteiger partial charge in [0, 0.05) is 31.5 Å². The van der Waals surface area contributed by atoms with E-state index in [1.807, 2.05) is 19.1 Å². The maximum atomic E-state index is 12.8. The number of carbonyl (C=O) groups excluding carboxylic acids is 1. The molecule has 3 heteroatoms. The van der Waals surface area contributed by atoms with E-state index in [1.165, 1.54) is 12.1 Å². The summed E-state index contributed by atoms with van der Waals surface area (Å²) < 4.78 is 12.8. The van der Waals surface area contributed by atoms with Gasteiger partial charge in [-0.05, 0) is 24.6 Å². The van der Waals surface area contributed by atoms with Gasteiger partial charge in [0.1, 0.15) is 11.6 Å². The fourth-order valence-electron chi connectivity index (χ4n) is 2.35. The Kier molecular flexibility index (Phi) is 3.57. The van der Waals surface area contributed by atoms with Gasteiger partial charge < -0.3 is 0 Å². The van der Waals surface area contributed by atoms with Crippen LogP contribution in [0, 0.1) is 11.7 Å².